The average molecular weight is 286 g/mol. The van der Waals surface area contributed by atoms with E-state index in [2.05, 4.69) is 12.2 Å². The van der Waals surface area contributed by atoms with Crippen LogP contribution in [0.15, 0.2) is 35.7 Å². The van der Waals surface area contributed by atoms with Gasteiger partial charge in [-0.05, 0) is 24.1 Å². The molecule has 0 saturated heterocycles. The molecule has 1 aromatic carbocycles. The molecule has 2 rings (SSSR count). The van der Waals surface area contributed by atoms with Gasteiger partial charge in [0.05, 0.1) is 5.75 Å². The summed E-state index contributed by atoms with van der Waals surface area (Å²) < 4.78 is 22.7. The first kappa shape index (κ1) is 13.6. The topological polar surface area (TPSA) is 46.2 Å². The molecule has 0 amide bonds. The summed E-state index contributed by atoms with van der Waals surface area (Å²) in [6, 6.07) is 7.68. The van der Waals surface area contributed by atoms with Gasteiger partial charge in [-0.15, -0.1) is 0 Å². The first-order chi connectivity index (χ1) is 8.50. The van der Waals surface area contributed by atoms with E-state index in [0.717, 1.165) is 12.0 Å². The van der Waals surface area contributed by atoms with Gasteiger partial charge < -0.3 is 5.32 Å². The fourth-order valence-corrected chi connectivity index (χ4v) is 3.46. The van der Waals surface area contributed by atoms with E-state index in [1.165, 1.54) is 5.41 Å². The fourth-order valence-electron chi connectivity index (χ4n) is 2.08. The van der Waals surface area contributed by atoms with Crippen LogP contribution in [0.25, 0.3) is 0 Å². The van der Waals surface area contributed by atoms with Crippen molar-refractivity contribution in [3.05, 3.63) is 46.3 Å². The summed E-state index contributed by atoms with van der Waals surface area (Å²) in [6.07, 6.45) is 2.61. The maximum atomic E-state index is 11.3. The monoisotopic (exact) mass is 285 g/mol. The second-order valence-electron chi connectivity index (χ2n) is 4.44. The summed E-state index contributed by atoms with van der Waals surface area (Å²) in [5, 5.41) is 5.34. The molecule has 2 unspecified atom stereocenters. The van der Waals surface area contributed by atoms with Gasteiger partial charge in [-0.1, -0.05) is 36.7 Å². The Hall–Kier alpha value is -0.840. The Morgan fingerprint density at radius 3 is 2.56 bits per heavy atom. The van der Waals surface area contributed by atoms with Gasteiger partial charge in [-0.25, -0.2) is 8.42 Å². The molecule has 1 aromatic rings. The number of sulfone groups is 1. The third-order valence-electron chi connectivity index (χ3n) is 3.03. The van der Waals surface area contributed by atoms with Gasteiger partial charge in [-0.2, -0.15) is 0 Å². The van der Waals surface area contributed by atoms with Crippen LogP contribution in [0, 0.1) is 0 Å². The van der Waals surface area contributed by atoms with Gasteiger partial charge >= 0.3 is 0 Å². The van der Waals surface area contributed by atoms with Crippen LogP contribution in [0.1, 0.15) is 24.9 Å². The van der Waals surface area contributed by atoms with E-state index in [1.54, 1.807) is 6.08 Å². The standard InChI is InChI=1S/C13H16ClNO2S/c1-2-13(10-3-5-11(14)6-4-10)15-12-7-8-18(16,17)9-12/h3-8,12-13,15H,2,9H2,1H3. The quantitative estimate of drug-likeness (QED) is 0.925. The molecule has 5 heteroatoms. The molecule has 0 aromatic heterocycles. The molecule has 0 saturated carbocycles. The minimum atomic E-state index is -3.00. The first-order valence-corrected chi connectivity index (χ1v) is 8.02. The minimum absolute atomic E-state index is 0.101. The van der Waals surface area contributed by atoms with Gasteiger partial charge in [0.15, 0.2) is 9.84 Å². The van der Waals surface area contributed by atoms with Crippen LogP contribution in [0.4, 0.5) is 0 Å². The van der Waals surface area contributed by atoms with Crippen molar-refractivity contribution in [3.8, 4) is 0 Å². The second-order valence-corrected chi connectivity index (χ2v) is 6.81. The zero-order chi connectivity index (χ0) is 13.2. The van der Waals surface area contributed by atoms with E-state index in [1.807, 2.05) is 24.3 Å². The normalized spacial score (nSPS) is 23.1. The first-order valence-electron chi connectivity index (χ1n) is 5.92. The zero-order valence-corrected chi connectivity index (χ0v) is 11.7. The molecular weight excluding hydrogens is 270 g/mol. The maximum absolute atomic E-state index is 11.3. The number of nitrogens with one attached hydrogen (secondary N) is 1. The van der Waals surface area contributed by atoms with E-state index in [4.69, 9.17) is 11.6 Å². The molecule has 1 heterocycles. The Kier molecular flexibility index (Phi) is 4.10. The fraction of sp³-hybridized carbons (Fsp3) is 0.385. The zero-order valence-electron chi connectivity index (χ0n) is 10.1. The number of hydrogen-bond acceptors (Lipinski definition) is 3. The lowest BCUT2D eigenvalue weighted by Gasteiger charge is -2.21. The van der Waals surface area contributed by atoms with Crippen molar-refractivity contribution < 1.29 is 8.42 Å². The van der Waals surface area contributed by atoms with Gasteiger partial charge in [0.25, 0.3) is 0 Å². The molecule has 1 N–H and O–H groups in total. The maximum Gasteiger partial charge on any atom is 0.173 e. The molecule has 0 fully saturated rings. The van der Waals surface area contributed by atoms with E-state index in [0.29, 0.717) is 5.02 Å². The molecule has 0 spiro atoms. The highest BCUT2D eigenvalue weighted by atomic mass is 35.5. The van der Waals surface area contributed by atoms with Crippen molar-refractivity contribution >= 4 is 21.4 Å². The smallest absolute Gasteiger partial charge is 0.173 e. The second kappa shape index (κ2) is 5.43. The van der Waals surface area contributed by atoms with Crippen LogP contribution in [0.3, 0.4) is 0 Å². The van der Waals surface area contributed by atoms with E-state index in [9.17, 15) is 8.42 Å². The summed E-state index contributed by atoms with van der Waals surface area (Å²) >= 11 is 5.86. The van der Waals surface area contributed by atoms with Crippen LogP contribution in [0.2, 0.25) is 5.02 Å². The third kappa shape index (κ3) is 3.34. The van der Waals surface area contributed by atoms with E-state index >= 15 is 0 Å². The summed E-state index contributed by atoms with van der Waals surface area (Å²) in [5.41, 5.74) is 1.12. The SMILES string of the molecule is CCC(NC1C=CS(=O)(=O)C1)c1ccc(Cl)cc1. The predicted octanol–water partition coefficient (Wildman–Crippen LogP) is 2.69. The Labute approximate surface area is 113 Å². The Morgan fingerprint density at radius 2 is 2.06 bits per heavy atom. The minimum Gasteiger partial charge on any atom is -0.303 e. The molecule has 2 atom stereocenters. The summed E-state index contributed by atoms with van der Waals surface area (Å²) in [6.45, 7) is 2.07. The highest BCUT2D eigenvalue weighted by Gasteiger charge is 2.23. The molecule has 3 nitrogen and oxygen atoms in total. The number of halogens is 1. The van der Waals surface area contributed by atoms with Crippen LogP contribution in [-0.4, -0.2) is 20.2 Å². The average Bonchev–Trinajstić information content (AvgIpc) is 2.67. The van der Waals surface area contributed by atoms with Crippen molar-refractivity contribution in [2.75, 3.05) is 5.75 Å². The van der Waals surface area contributed by atoms with Crippen LogP contribution >= 0.6 is 11.6 Å². The highest BCUT2D eigenvalue weighted by molar-refractivity contribution is 7.94. The molecule has 0 radical (unpaired) electrons. The molecule has 0 bridgehead atoms. The highest BCUT2D eigenvalue weighted by Crippen LogP contribution is 2.21. The predicted molar refractivity (Wildman–Crippen MR) is 74.3 cm³/mol. The summed E-state index contributed by atoms with van der Waals surface area (Å²) in [4.78, 5) is 0. The molecule has 98 valence electrons. The van der Waals surface area contributed by atoms with Crippen molar-refractivity contribution in [1.82, 2.24) is 5.32 Å². The van der Waals surface area contributed by atoms with Gasteiger partial charge in [-0.3, -0.25) is 0 Å². The Balaban J connectivity index is 2.07. The van der Waals surface area contributed by atoms with Gasteiger partial charge in [0.2, 0.25) is 0 Å². The molecular formula is C13H16ClNO2S. The summed E-state index contributed by atoms with van der Waals surface area (Å²) in [5.74, 6) is 0.150. The van der Waals surface area contributed by atoms with Crippen LogP contribution < -0.4 is 5.32 Å². The van der Waals surface area contributed by atoms with Crippen LogP contribution in [-0.2, 0) is 9.84 Å². The lowest BCUT2D eigenvalue weighted by Crippen LogP contribution is -2.33. The van der Waals surface area contributed by atoms with Crippen molar-refractivity contribution in [2.24, 2.45) is 0 Å². The number of rotatable bonds is 4. The number of benzene rings is 1. The number of hydrogen-bond donors (Lipinski definition) is 1. The lowest BCUT2D eigenvalue weighted by atomic mass is 10.0. The largest absolute Gasteiger partial charge is 0.303 e. The molecule has 1 aliphatic heterocycles. The lowest BCUT2D eigenvalue weighted by molar-refractivity contribution is 0.491. The van der Waals surface area contributed by atoms with Crippen LogP contribution in [0.5, 0.6) is 0 Å². The molecule has 18 heavy (non-hydrogen) atoms. The Bertz CT molecular complexity index is 537. The van der Waals surface area contributed by atoms with E-state index < -0.39 is 9.84 Å². The third-order valence-corrected chi connectivity index (χ3v) is 4.67. The van der Waals surface area contributed by atoms with Crippen molar-refractivity contribution in [1.29, 1.82) is 0 Å². The van der Waals surface area contributed by atoms with Crippen molar-refractivity contribution in [2.45, 2.75) is 25.4 Å². The molecule has 0 aliphatic carbocycles. The van der Waals surface area contributed by atoms with Gasteiger partial charge in [0.1, 0.15) is 0 Å². The Morgan fingerprint density at radius 1 is 1.39 bits per heavy atom. The summed E-state index contributed by atoms with van der Waals surface area (Å²) in [7, 11) is -3.00. The molecule has 1 aliphatic rings. The van der Waals surface area contributed by atoms with E-state index in [-0.39, 0.29) is 17.8 Å². The van der Waals surface area contributed by atoms with Gasteiger partial charge in [0, 0.05) is 22.5 Å². The van der Waals surface area contributed by atoms with Crippen molar-refractivity contribution in [3.63, 3.8) is 0 Å².